The molecule has 2 heterocycles. The fourth-order valence-corrected chi connectivity index (χ4v) is 1.81. The third kappa shape index (κ3) is 1.69. The normalized spacial score (nSPS) is 29.5. The van der Waals surface area contributed by atoms with Crippen molar-refractivity contribution in [1.82, 2.24) is 15.6 Å². The molecular formula is C12H17N3O. The van der Waals surface area contributed by atoms with Gasteiger partial charge in [-0.1, -0.05) is 19.9 Å². The van der Waals surface area contributed by atoms with E-state index in [1.807, 2.05) is 39.0 Å². The van der Waals surface area contributed by atoms with E-state index in [-0.39, 0.29) is 18.0 Å². The Balaban J connectivity index is 2.22. The maximum atomic E-state index is 11.9. The average molecular weight is 219 g/mol. The van der Waals surface area contributed by atoms with Crippen molar-refractivity contribution in [2.75, 3.05) is 0 Å². The Labute approximate surface area is 95.5 Å². The van der Waals surface area contributed by atoms with Gasteiger partial charge in [-0.3, -0.25) is 15.1 Å². The van der Waals surface area contributed by atoms with Crippen LogP contribution in [0.15, 0.2) is 24.4 Å². The summed E-state index contributed by atoms with van der Waals surface area (Å²) in [7, 11) is 0. The topological polar surface area (TPSA) is 54.0 Å². The monoisotopic (exact) mass is 219 g/mol. The lowest BCUT2D eigenvalue weighted by molar-refractivity contribution is -0.125. The molecule has 4 nitrogen and oxygen atoms in total. The standard InChI is InChI=1S/C12H17N3O/c1-8(2)12(3)11(16)14-10(15-12)9-6-4-5-7-13-9/h4-8,10,15H,1-3H3,(H,14,16)/t10-,12-/m0/s1. The highest BCUT2D eigenvalue weighted by atomic mass is 16.2. The molecule has 0 radical (unpaired) electrons. The van der Waals surface area contributed by atoms with Crippen molar-refractivity contribution in [1.29, 1.82) is 0 Å². The molecule has 1 amide bonds. The summed E-state index contributed by atoms with van der Waals surface area (Å²) in [4.78, 5) is 16.2. The number of aromatic nitrogens is 1. The summed E-state index contributed by atoms with van der Waals surface area (Å²) >= 11 is 0. The zero-order chi connectivity index (χ0) is 11.8. The molecule has 0 bridgehead atoms. The van der Waals surface area contributed by atoms with Crippen LogP contribution in [0, 0.1) is 5.92 Å². The van der Waals surface area contributed by atoms with E-state index in [2.05, 4.69) is 15.6 Å². The molecule has 2 N–H and O–H groups in total. The number of carbonyl (C=O) groups excluding carboxylic acids is 1. The minimum Gasteiger partial charge on any atom is -0.334 e. The van der Waals surface area contributed by atoms with Gasteiger partial charge in [0.1, 0.15) is 6.17 Å². The molecule has 0 aromatic carbocycles. The second-order valence-corrected chi connectivity index (χ2v) is 4.66. The highest BCUT2D eigenvalue weighted by molar-refractivity contribution is 5.88. The molecule has 86 valence electrons. The number of rotatable bonds is 2. The summed E-state index contributed by atoms with van der Waals surface area (Å²) in [5, 5.41) is 6.24. The minimum atomic E-state index is -0.512. The summed E-state index contributed by atoms with van der Waals surface area (Å²) in [6, 6.07) is 5.69. The molecule has 1 aliphatic heterocycles. The van der Waals surface area contributed by atoms with Crippen molar-refractivity contribution in [2.45, 2.75) is 32.5 Å². The largest absolute Gasteiger partial charge is 0.334 e. The van der Waals surface area contributed by atoms with E-state index in [0.717, 1.165) is 5.69 Å². The third-order valence-electron chi connectivity index (χ3n) is 3.33. The van der Waals surface area contributed by atoms with Crippen LogP contribution < -0.4 is 10.6 Å². The zero-order valence-corrected chi connectivity index (χ0v) is 9.82. The first-order valence-electron chi connectivity index (χ1n) is 5.53. The Morgan fingerprint density at radius 2 is 2.19 bits per heavy atom. The van der Waals surface area contributed by atoms with E-state index >= 15 is 0 Å². The SMILES string of the molecule is CC(C)[C@]1(C)N[C@@H](c2ccccn2)NC1=O. The van der Waals surface area contributed by atoms with E-state index in [4.69, 9.17) is 0 Å². The van der Waals surface area contributed by atoms with Crippen LogP contribution in [0.25, 0.3) is 0 Å². The lowest BCUT2D eigenvalue weighted by Gasteiger charge is -2.26. The van der Waals surface area contributed by atoms with E-state index in [1.54, 1.807) is 6.20 Å². The summed E-state index contributed by atoms with van der Waals surface area (Å²) in [6.07, 6.45) is 1.55. The summed E-state index contributed by atoms with van der Waals surface area (Å²) in [6.45, 7) is 6.00. The predicted octanol–water partition coefficient (Wildman–Crippen LogP) is 1.21. The van der Waals surface area contributed by atoms with Gasteiger partial charge < -0.3 is 5.32 Å². The number of carbonyl (C=O) groups is 1. The van der Waals surface area contributed by atoms with Gasteiger partial charge in [0.05, 0.1) is 11.2 Å². The minimum absolute atomic E-state index is 0.0400. The Hall–Kier alpha value is -1.42. The molecule has 1 saturated heterocycles. The fraction of sp³-hybridized carbons (Fsp3) is 0.500. The lowest BCUT2D eigenvalue weighted by atomic mass is 9.89. The van der Waals surface area contributed by atoms with E-state index in [9.17, 15) is 4.79 Å². The molecule has 2 atom stereocenters. The van der Waals surface area contributed by atoms with Gasteiger partial charge in [0.15, 0.2) is 0 Å². The summed E-state index contributed by atoms with van der Waals surface area (Å²) in [5.41, 5.74) is 0.336. The molecule has 0 saturated carbocycles. The van der Waals surface area contributed by atoms with Crippen LogP contribution in [-0.2, 0) is 4.79 Å². The van der Waals surface area contributed by atoms with Crippen LogP contribution >= 0.6 is 0 Å². The van der Waals surface area contributed by atoms with Gasteiger partial charge in [-0.15, -0.1) is 0 Å². The molecule has 1 fully saturated rings. The summed E-state index contributed by atoms with van der Waals surface area (Å²) in [5.74, 6) is 0.277. The van der Waals surface area contributed by atoms with Gasteiger partial charge >= 0.3 is 0 Å². The quantitative estimate of drug-likeness (QED) is 0.786. The van der Waals surface area contributed by atoms with E-state index in [1.165, 1.54) is 0 Å². The van der Waals surface area contributed by atoms with Gasteiger partial charge in [0.25, 0.3) is 0 Å². The molecule has 0 aliphatic carbocycles. The number of hydrogen-bond acceptors (Lipinski definition) is 3. The molecule has 2 rings (SSSR count). The van der Waals surface area contributed by atoms with Crippen LogP contribution in [0.5, 0.6) is 0 Å². The van der Waals surface area contributed by atoms with Gasteiger partial charge in [-0.05, 0) is 25.0 Å². The molecule has 1 aromatic rings. The molecule has 1 aliphatic rings. The first-order valence-corrected chi connectivity index (χ1v) is 5.53. The zero-order valence-electron chi connectivity index (χ0n) is 9.82. The highest BCUT2D eigenvalue weighted by Crippen LogP contribution is 2.26. The van der Waals surface area contributed by atoms with Gasteiger partial charge in [-0.2, -0.15) is 0 Å². The molecule has 0 unspecified atom stereocenters. The number of pyridine rings is 1. The van der Waals surface area contributed by atoms with Crippen LogP contribution in [0.2, 0.25) is 0 Å². The van der Waals surface area contributed by atoms with Gasteiger partial charge in [0.2, 0.25) is 5.91 Å². The number of nitrogens with zero attached hydrogens (tertiary/aromatic N) is 1. The molecule has 0 spiro atoms. The van der Waals surface area contributed by atoms with Crippen molar-refractivity contribution in [3.05, 3.63) is 30.1 Å². The number of nitrogens with one attached hydrogen (secondary N) is 2. The van der Waals surface area contributed by atoms with Crippen LogP contribution in [0.1, 0.15) is 32.6 Å². The smallest absolute Gasteiger partial charge is 0.241 e. The van der Waals surface area contributed by atoms with Crippen molar-refractivity contribution in [3.8, 4) is 0 Å². The second-order valence-electron chi connectivity index (χ2n) is 4.66. The van der Waals surface area contributed by atoms with Crippen LogP contribution in [0.3, 0.4) is 0 Å². The van der Waals surface area contributed by atoms with Crippen molar-refractivity contribution >= 4 is 5.91 Å². The van der Waals surface area contributed by atoms with Crippen LogP contribution in [0.4, 0.5) is 0 Å². The first kappa shape index (κ1) is 11.1. The Morgan fingerprint density at radius 1 is 1.44 bits per heavy atom. The van der Waals surface area contributed by atoms with Gasteiger partial charge in [-0.25, -0.2) is 0 Å². The molecular weight excluding hydrogens is 202 g/mol. The Bertz CT molecular complexity index is 391. The first-order chi connectivity index (χ1) is 7.54. The van der Waals surface area contributed by atoms with Crippen molar-refractivity contribution < 1.29 is 4.79 Å². The van der Waals surface area contributed by atoms with Crippen LogP contribution in [-0.4, -0.2) is 16.4 Å². The van der Waals surface area contributed by atoms with Crippen molar-refractivity contribution in [2.24, 2.45) is 5.92 Å². The number of amides is 1. The maximum Gasteiger partial charge on any atom is 0.241 e. The van der Waals surface area contributed by atoms with Crippen molar-refractivity contribution in [3.63, 3.8) is 0 Å². The van der Waals surface area contributed by atoms with E-state index < -0.39 is 5.54 Å². The third-order valence-corrected chi connectivity index (χ3v) is 3.33. The fourth-order valence-electron chi connectivity index (χ4n) is 1.81. The lowest BCUT2D eigenvalue weighted by Crippen LogP contribution is -2.48. The summed E-state index contributed by atoms with van der Waals surface area (Å²) < 4.78 is 0. The Morgan fingerprint density at radius 3 is 2.69 bits per heavy atom. The number of hydrogen-bond donors (Lipinski definition) is 2. The Kier molecular flexibility index (Phi) is 2.68. The predicted molar refractivity (Wildman–Crippen MR) is 61.5 cm³/mol. The van der Waals surface area contributed by atoms with E-state index in [0.29, 0.717) is 0 Å². The molecule has 4 heteroatoms. The molecule has 1 aromatic heterocycles. The second kappa shape index (κ2) is 3.87. The highest BCUT2D eigenvalue weighted by Gasteiger charge is 2.45. The average Bonchev–Trinajstić information content (AvgIpc) is 2.58. The molecule has 16 heavy (non-hydrogen) atoms. The van der Waals surface area contributed by atoms with Gasteiger partial charge in [0, 0.05) is 6.20 Å². The maximum absolute atomic E-state index is 11.9.